The molecule has 0 aliphatic carbocycles. The Hall–Kier alpha value is -0.0400. The molecule has 1 heterocycles. The molecule has 6 heteroatoms. The highest BCUT2D eigenvalue weighted by molar-refractivity contribution is 8.93. The number of hydrogen-bond acceptors (Lipinski definition) is 2. The lowest BCUT2D eigenvalue weighted by molar-refractivity contribution is -0.867. The van der Waals surface area contributed by atoms with Crippen LogP contribution in [0.15, 0.2) is 29.4 Å². The van der Waals surface area contributed by atoms with E-state index < -0.39 is 0 Å². The molecular weight excluding hydrogens is 378 g/mol. The van der Waals surface area contributed by atoms with Crippen LogP contribution in [0.5, 0.6) is 0 Å². The molecule has 18 heavy (non-hydrogen) atoms. The van der Waals surface area contributed by atoms with Crippen molar-refractivity contribution < 1.29 is 21.5 Å². The molecule has 1 aromatic heterocycles. The highest BCUT2D eigenvalue weighted by Crippen LogP contribution is 2.19. The number of H-pyrrole nitrogens is 1. The van der Waals surface area contributed by atoms with Crippen LogP contribution in [-0.4, -0.2) is 47.9 Å². The van der Waals surface area contributed by atoms with Gasteiger partial charge in [0, 0.05) is 0 Å². The predicted molar refractivity (Wildman–Crippen MR) is 80.0 cm³/mol. The van der Waals surface area contributed by atoms with Crippen LogP contribution in [0.3, 0.4) is 0 Å². The minimum atomic E-state index is 0. The van der Waals surface area contributed by atoms with Crippen molar-refractivity contribution in [3.05, 3.63) is 24.3 Å². The monoisotopic (exact) mass is 395 g/mol. The zero-order chi connectivity index (χ0) is 11.6. The minimum absolute atomic E-state index is 0. The molecule has 3 nitrogen and oxygen atoms in total. The van der Waals surface area contributed by atoms with Crippen LogP contribution in [0.4, 0.5) is 0 Å². The van der Waals surface area contributed by atoms with Crippen molar-refractivity contribution >= 4 is 39.8 Å². The van der Waals surface area contributed by atoms with Crippen molar-refractivity contribution in [3.63, 3.8) is 0 Å². The zero-order valence-electron chi connectivity index (χ0n) is 10.8. The number of benzene rings is 1. The van der Waals surface area contributed by atoms with E-state index in [-0.39, 0.29) is 34.0 Å². The third-order valence-corrected chi connectivity index (χ3v) is 3.22. The van der Waals surface area contributed by atoms with Gasteiger partial charge in [-0.25, -0.2) is 4.98 Å². The van der Waals surface area contributed by atoms with Gasteiger partial charge in [0.1, 0.15) is 0 Å². The Morgan fingerprint density at radius 2 is 1.89 bits per heavy atom. The molecule has 0 radical (unpaired) electrons. The van der Waals surface area contributed by atoms with Gasteiger partial charge in [0.2, 0.25) is 0 Å². The maximum atomic E-state index is 4.53. The third-order valence-electron chi connectivity index (χ3n) is 2.37. The summed E-state index contributed by atoms with van der Waals surface area (Å²) in [5, 5.41) is 1.02. The zero-order valence-corrected chi connectivity index (χ0v) is 14.9. The lowest BCUT2D eigenvalue weighted by Crippen LogP contribution is -3.00. The summed E-state index contributed by atoms with van der Waals surface area (Å²) in [6, 6.07) is 8.15. The van der Waals surface area contributed by atoms with Gasteiger partial charge < -0.3 is 26.4 Å². The maximum Gasteiger partial charge on any atom is 0.166 e. The topological polar surface area (TPSA) is 28.7 Å². The smallest absolute Gasteiger partial charge is 0.166 e. The van der Waals surface area contributed by atoms with Gasteiger partial charge in [0.05, 0.1) is 44.5 Å². The summed E-state index contributed by atoms with van der Waals surface area (Å²) in [6.45, 7) is 1.14. The van der Waals surface area contributed by atoms with Gasteiger partial charge in [-0.1, -0.05) is 23.9 Å². The van der Waals surface area contributed by atoms with Gasteiger partial charge in [-0.05, 0) is 12.1 Å². The van der Waals surface area contributed by atoms with Crippen molar-refractivity contribution in [2.45, 2.75) is 5.16 Å². The molecule has 0 bridgehead atoms. The highest BCUT2D eigenvalue weighted by Gasteiger charge is 2.08. The molecule has 0 amide bonds. The number of nitrogens with one attached hydrogen (secondary N) is 1. The standard InChI is InChI=1S/C12H18N3S.2BrH/c1-15(2,3)8-9-16-12-13-10-6-4-5-7-11(10)14-12;;/h4-7H,8-9H2,1-3H3,(H,13,14);2*1H/q+1;;/p-1. The second-order valence-corrected chi connectivity index (χ2v) is 6.01. The molecule has 1 N–H and O–H groups in total. The first kappa shape index (κ1) is 18.0. The predicted octanol–water partition coefficient (Wildman–Crippen LogP) is -0.0569. The third kappa shape index (κ3) is 5.30. The lowest BCUT2D eigenvalue weighted by atomic mass is 10.3. The summed E-state index contributed by atoms with van der Waals surface area (Å²) in [5.41, 5.74) is 2.17. The molecule has 0 saturated heterocycles. The molecule has 0 unspecified atom stereocenters. The molecule has 2 rings (SSSR count). The quantitative estimate of drug-likeness (QED) is 0.579. The summed E-state index contributed by atoms with van der Waals surface area (Å²) in [4.78, 5) is 7.86. The van der Waals surface area contributed by atoms with Gasteiger partial charge in [-0.2, -0.15) is 0 Å². The van der Waals surface area contributed by atoms with Gasteiger partial charge >= 0.3 is 0 Å². The summed E-state index contributed by atoms with van der Waals surface area (Å²) in [6.07, 6.45) is 0. The van der Waals surface area contributed by atoms with Crippen LogP contribution in [-0.2, 0) is 0 Å². The van der Waals surface area contributed by atoms with Crippen molar-refractivity contribution in [2.24, 2.45) is 0 Å². The van der Waals surface area contributed by atoms with E-state index in [9.17, 15) is 0 Å². The lowest BCUT2D eigenvalue weighted by Gasteiger charge is -2.23. The number of rotatable bonds is 4. The van der Waals surface area contributed by atoms with Crippen LogP contribution < -0.4 is 17.0 Å². The molecule has 1 aromatic carbocycles. The molecule has 0 atom stereocenters. The average Bonchev–Trinajstić information content (AvgIpc) is 2.57. The Balaban J connectivity index is 0.00000144. The van der Waals surface area contributed by atoms with Gasteiger partial charge in [-0.15, -0.1) is 17.0 Å². The van der Waals surface area contributed by atoms with Crippen LogP contribution in [0.25, 0.3) is 11.0 Å². The van der Waals surface area contributed by atoms with E-state index in [1.807, 2.05) is 18.2 Å². The fourth-order valence-electron chi connectivity index (χ4n) is 1.41. The maximum absolute atomic E-state index is 4.53. The normalized spacial score (nSPS) is 10.8. The van der Waals surface area contributed by atoms with Gasteiger partial charge in [0.15, 0.2) is 5.16 Å². The fourth-order valence-corrected chi connectivity index (χ4v) is 2.59. The first-order valence-corrected chi connectivity index (χ1v) is 6.41. The number of quaternary nitrogens is 1. The van der Waals surface area contributed by atoms with E-state index in [4.69, 9.17) is 0 Å². The molecule has 0 spiro atoms. The van der Waals surface area contributed by atoms with E-state index >= 15 is 0 Å². The number of para-hydroxylation sites is 2. The first-order chi connectivity index (χ1) is 7.54. The number of thioether (sulfide) groups is 1. The Labute approximate surface area is 133 Å². The first-order valence-electron chi connectivity index (χ1n) is 5.43. The summed E-state index contributed by atoms with van der Waals surface area (Å²) in [5.74, 6) is 1.09. The molecular formula is C12H19Br2N3S. The van der Waals surface area contributed by atoms with Crippen LogP contribution >= 0.6 is 28.7 Å². The molecule has 0 aliphatic rings. The summed E-state index contributed by atoms with van der Waals surface area (Å²) >= 11 is 1.79. The van der Waals surface area contributed by atoms with Crippen molar-refractivity contribution in [1.29, 1.82) is 0 Å². The largest absolute Gasteiger partial charge is 1.00 e. The SMILES string of the molecule is Br.C[N+](C)(C)CCSc1nc2ccccc2[nH]1.[Br-]. The Bertz CT molecular complexity index is 446. The van der Waals surface area contributed by atoms with Crippen molar-refractivity contribution in [1.82, 2.24) is 9.97 Å². The second kappa shape index (κ2) is 7.53. The van der Waals surface area contributed by atoms with Crippen molar-refractivity contribution in [2.75, 3.05) is 33.4 Å². The fraction of sp³-hybridized carbons (Fsp3) is 0.417. The average molecular weight is 397 g/mol. The van der Waals surface area contributed by atoms with E-state index in [1.165, 1.54) is 0 Å². The highest BCUT2D eigenvalue weighted by atomic mass is 79.9. The van der Waals surface area contributed by atoms with Crippen molar-refractivity contribution in [3.8, 4) is 0 Å². The van der Waals surface area contributed by atoms with Gasteiger partial charge in [-0.3, -0.25) is 0 Å². The molecule has 102 valence electrons. The molecule has 0 saturated carbocycles. The number of halogens is 2. The Morgan fingerprint density at radius 3 is 2.50 bits per heavy atom. The number of nitrogens with zero attached hydrogens (tertiary/aromatic N) is 2. The number of aromatic amines is 1. The van der Waals surface area contributed by atoms with E-state index in [0.29, 0.717) is 0 Å². The van der Waals surface area contributed by atoms with E-state index in [0.717, 1.165) is 33.0 Å². The summed E-state index contributed by atoms with van der Waals surface area (Å²) < 4.78 is 0.993. The van der Waals surface area contributed by atoms with E-state index in [1.54, 1.807) is 11.8 Å². The number of aromatic nitrogens is 2. The Kier molecular flexibility index (Phi) is 7.51. The van der Waals surface area contributed by atoms with E-state index in [2.05, 4.69) is 37.2 Å². The second-order valence-electron chi connectivity index (χ2n) is 4.92. The van der Waals surface area contributed by atoms with Crippen LogP contribution in [0, 0.1) is 0 Å². The van der Waals surface area contributed by atoms with Gasteiger partial charge in [0.25, 0.3) is 0 Å². The van der Waals surface area contributed by atoms with Crippen LogP contribution in [0.1, 0.15) is 0 Å². The number of hydrogen-bond donors (Lipinski definition) is 1. The molecule has 0 aliphatic heterocycles. The number of fused-ring (bicyclic) bond motifs is 1. The Morgan fingerprint density at radius 1 is 1.22 bits per heavy atom. The molecule has 0 fully saturated rings. The molecule has 2 aromatic rings. The van der Waals surface area contributed by atoms with Crippen LogP contribution in [0.2, 0.25) is 0 Å². The summed E-state index contributed by atoms with van der Waals surface area (Å²) in [7, 11) is 6.62. The number of imidazole rings is 1. The minimum Gasteiger partial charge on any atom is -1.00 e.